The van der Waals surface area contributed by atoms with E-state index >= 15 is 0 Å². The SMILES string of the molecule is C/C=C\[C@H](C)[C@H]1O[C@]1(C)[C@@H](C)[C@@H](CC)C(=O)[C@@H](CO)[C@@H](C)CC(=O)CC.C/C=C\[C@H](C)[C@H]1O[C@]1(C)[C@@H](C)[C@@H](CC)C(=O)[C@H]1COC(O)(CC)C[C@@H]1C. The Hall–Kier alpha value is -1.71. The lowest BCUT2D eigenvalue weighted by Gasteiger charge is -2.41. The average Bonchev–Trinajstić information content (AvgIpc) is 4.00. The summed E-state index contributed by atoms with van der Waals surface area (Å²) in [6.45, 7) is 28.8. The van der Waals surface area contributed by atoms with Gasteiger partial charge in [-0.1, -0.05) is 93.5 Å². The smallest absolute Gasteiger partial charge is 0.165 e. The standard InChI is InChI=1S/2C22H38O4/c1-8-11-14(4)20-21(7,26-20)16(6)17(9-2)19(23)18-13-25-22(24,10-3)12-15(18)5;1-8-11-14(4)21-22(7,26-21)16(6)18(10-3)20(25)19(13-23)15(5)12-17(24)9-2/h8,11,14-18,20,24H,9-10,12-13H2,1-7H3;8,11,14-16,18-19,21,23H,9-10,12-13H2,1-7H3/b2*11-8-/t14-,15-,16-,17+,18-,20+,21+,22?;14-,15-,16-,18+,19-,21+,22+/m00/s1. The van der Waals surface area contributed by atoms with Gasteiger partial charge in [0.05, 0.1) is 36.6 Å². The molecule has 1 unspecified atom stereocenters. The molecule has 0 saturated carbocycles. The summed E-state index contributed by atoms with van der Waals surface area (Å²) < 4.78 is 17.8. The van der Waals surface area contributed by atoms with Crippen LogP contribution < -0.4 is 0 Å². The highest BCUT2D eigenvalue weighted by molar-refractivity contribution is 5.86. The lowest BCUT2D eigenvalue weighted by molar-refractivity contribution is -0.247. The number of ketones is 3. The van der Waals surface area contributed by atoms with Crippen molar-refractivity contribution >= 4 is 17.3 Å². The molecule has 52 heavy (non-hydrogen) atoms. The van der Waals surface area contributed by atoms with Crippen LogP contribution in [0.5, 0.6) is 0 Å². The van der Waals surface area contributed by atoms with E-state index < -0.39 is 11.7 Å². The van der Waals surface area contributed by atoms with Gasteiger partial charge in [-0.2, -0.15) is 0 Å². The van der Waals surface area contributed by atoms with Gasteiger partial charge in [0.25, 0.3) is 0 Å². The van der Waals surface area contributed by atoms with Crippen molar-refractivity contribution in [2.45, 2.75) is 165 Å². The van der Waals surface area contributed by atoms with Crippen LogP contribution in [0.1, 0.15) is 135 Å². The molecule has 0 radical (unpaired) electrons. The zero-order valence-electron chi connectivity index (χ0n) is 35.2. The zero-order chi connectivity index (χ0) is 39.8. The van der Waals surface area contributed by atoms with E-state index in [1.54, 1.807) is 0 Å². The van der Waals surface area contributed by atoms with E-state index in [0.717, 1.165) is 6.42 Å². The molecule has 0 aromatic carbocycles. The van der Waals surface area contributed by atoms with E-state index in [2.05, 4.69) is 73.6 Å². The van der Waals surface area contributed by atoms with Crippen LogP contribution in [0.15, 0.2) is 24.3 Å². The summed E-state index contributed by atoms with van der Waals surface area (Å²) in [4.78, 5) is 38.3. The largest absolute Gasteiger partial charge is 0.396 e. The molecule has 8 nitrogen and oxygen atoms in total. The predicted molar refractivity (Wildman–Crippen MR) is 209 cm³/mol. The highest BCUT2D eigenvalue weighted by Gasteiger charge is 2.61. The van der Waals surface area contributed by atoms with Crippen molar-refractivity contribution in [3.8, 4) is 0 Å². The van der Waals surface area contributed by atoms with Crippen LogP contribution in [0.4, 0.5) is 0 Å². The molecule has 0 aliphatic carbocycles. The topological polar surface area (TPSA) is 126 Å². The summed E-state index contributed by atoms with van der Waals surface area (Å²) in [5.74, 6) is -0.484. The van der Waals surface area contributed by atoms with Crippen LogP contribution in [0.3, 0.4) is 0 Å². The van der Waals surface area contributed by atoms with Gasteiger partial charge in [0.15, 0.2) is 5.79 Å². The van der Waals surface area contributed by atoms with Crippen molar-refractivity contribution in [2.75, 3.05) is 13.2 Å². The zero-order valence-corrected chi connectivity index (χ0v) is 35.2. The Balaban J connectivity index is 0.000000360. The van der Waals surface area contributed by atoms with Crippen molar-refractivity contribution in [3.63, 3.8) is 0 Å². The van der Waals surface area contributed by atoms with E-state index in [0.29, 0.717) is 50.5 Å². The molecule has 8 heteroatoms. The van der Waals surface area contributed by atoms with Crippen molar-refractivity contribution in [2.24, 2.45) is 59.2 Å². The molecule has 0 bridgehead atoms. The monoisotopic (exact) mass is 733 g/mol. The fourth-order valence-corrected chi connectivity index (χ4v) is 9.15. The maximum Gasteiger partial charge on any atom is 0.165 e. The second kappa shape index (κ2) is 19.7. The van der Waals surface area contributed by atoms with Crippen LogP contribution in [-0.4, -0.2) is 70.0 Å². The lowest BCUT2D eigenvalue weighted by Crippen LogP contribution is -2.48. The summed E-state index contributed by atoms with van der Waals surface area (Å²) in [6.07, 6.45) is 12.2. The Morgan fingerprint density at radius 2 is 1.29 bits per heavy atom. The maximum atomic E-state index is 13.3. The predicted octanol–water partition coefficient (Wildman–Crippen LogP) is 8.56. The normalized spacial score (nSPS) is 34.7. The van der Waals surface area contributed by atoms with Crippen LogP contribution in [-0.2, 0) is 28.6 Å². The third-order valence-corrected chi connectivity index (χ3v) is 13.3. The van der Waals surface area contributed by atoms with Gasteiger partial charge in [-0.25, -0.2) is 0 Å². The molecule has 3 fully saturated rings. The second-order valence-electron chi connectivity index (χ2n) is 16.9. The van der Waals surface area contributed by atoms with Gasteiger partial charge in [0.2, 0.25) is 0 Å². The number of carbonyl (C=O) groups excluding carboxylic acids is 3. The highest BCUT2D eigenvalue weighted by Crippen LogP contribution is 2.52. The second-order valence-corrected chi connectivity index (χ2v) is 16.9. The number of hydrogen-bond acceptors (Lipinski definition) is 8. The summed E-state index contributed by atoms with van der Waals surface area (Å²) >= 11 is 0. The van der Waals surface area contributed by atoms with E-state index in [9.17, 15) is 24.6 Å². The van der Waals surface area contributed by atoms with E-state index in [-0.39, 0.29) is 88.8 Å². The number of rotatable bonds is 20. The van der Waals surface area contributed by atoms with Gasteiger partial charge in [0.1, 0.15) is 17.3 Å². The number of aliphatic hydroxyl groups excluding tert-OH is 1. The Labute approximate surface area is 316 Å². The molecule has 3 heterocycles. The molecule has 0 aromatic heterocycles. The Morgan fingerprint density at radius 1 is 0.808 bits per heavy atom. The Morgan fingerprint density at radius 3 is 1.67 bits per heavy atom. The highest BCUT2D eigenvalue weighted by atomic mass is 16.6. The number of carbonyl (C=O) groups is 3. The molecular weight excluding hydrogens is 656 g/mol. The first-order valence-corrected chi connectivity index (χ1v) is 20.5. The van der Waals surface area contributed by atoms with Crippen molar-refractivity contribution in [1.82, 2.24) is 0 Å². The van der Waals surface area contributed by atoms with Gasteiger partial charge in [0, 0.05) is 54.8 Å². The van der Waals surface area contributed by atoms with Crippen molar-refractivity contribution < 1.29 is 38.8 Å². The first-order chi connectivity index (χ1) is 24.3. The molecule has 0 aromatic rings. The number of epoxide rings is 2. The van der Waals surface area contributed by atoms with Crippen LogP contribution >= 0.6 is 0 Å². The fourth-order valence-electron chi connectivity index (χ4n) is 9.15. The summed E-state index contributed by atoms with van der Waals surface area (Å²) in [6, 6.07) is 0. The van der Waals surface area contributed by atoms with E-state index in [1.165, 1.54) is 0 Å². The Bertz CT molecular complexity index is 1230. The minimum atomic E-state index is -1.07. The Kier molecular flexibility index (Phi) is 17.6. The molecule has 3 saturated heterocycles. The van der Waals surface area contributed by atoms with E-state index in [1.807, 2.05) is 47.6 Å². The number of hydrogen-bond donors (Lipinski definition) is 2. The average molecular weight is 733 g/mol. The van der Waals surface area contributed by atoms with Crippen molar-refractivity contribution in [1.29, 1.82) is 0 Å². The number of allylic oxidation sites excluding steroid dienone is 2. The van der Waals surface area contributed by atoms with Gasteiger partial charge < -0.3 is 24.4 Å². The van der Waals surface area contributed by atoms with Crippen molar-refractivity contribution in [3.05, 3.63) is 24.3 Å². The molecule has 300 valence electrons. The molecule has 3 rings (SSSR count). The van der Waals surface area contributed by atoms with Gasteiger partial charge in [-0.3, -0.25) is 14.4 Å². The number of Topliss-reactive ketones (excluding diaryl/α,β-unsaturated/α-hetero) is 3. The number of ether oxygens (including phenoxy) is 3. The molecule has 2 N–H and O–H groups in total. The molecule has 0 amide bonds. The third-order valence-electron chi connectivity index (χ3n) is 13.3. The third kappa shape index (κ3) is 10.7. The van der Waals surface area contributed by atoms with E-state index in [4.69, 9.17) is 14.2 Å². The first kappa shape index (κ1) is 46.4. The lowest BCUT2D eigenvalue weighted by atomic mass is 9.71. The quantitative estimate of drug-likeness (QED) is 0.0942. The summed E-state index contributed by atoms with van der Waals surface area (Å²) in [5.41, 5.74) is -0.546. The first-order valence-electron chi connectivity index (χ1n) is 20.5. The summed E-state index contributed by atoms with van der Waals surface area (Å²) in [7, 11) is 0. The summed E-state index contributed by atoms with van der Waals surface area (Å²) in [5, 5.41) is 20.2. The maximum absolute atomic E-state index is 13.3. The van der Waals surface area contributed by atoms with Gasteiger partial charge in [-0.15, -0.1) is 0 Å². The van der Waals surface area contributed by atoms with Crippen LogP contribution in [0.25, 0.3) is 0 Å². The van der Waals surface area contributed by atoms with Crippen LogP contribution in [0.2, 0.25) is 0 Å². The van der Waals surface area contributed by atoms with Gasteiger partial charge >= 0.3 is 0 Å². The molecule has 0 spiro atoms. The molecule has 3 aliphatic heterocycles. The molecule has 3 aliphatic rings. The number of aliphatic hydroxyl groups is 2. The minimum Gasteiger partial charge on any atom is -0.396 e. The molecular formula is C44H76O8. The molecule has 15 atom stereocenters. The van der Waals surface area contributed by atoms with Crippen LogP contribution in [0, 0.1) is 59.2 Å². The minimum absolute atomic E-state index is 0.0355. The van der Waals surface area contributed by atoms with Gasteiger partial charge in [-0.05, 0) is 70.6 Å². The fraction of sp³-hybridized carbons (Fsp3) is 0.841.